The quantitative estimate of drug-likeness (QED) is 0.196. The number of nitrogens with zero attached hydrogens (tertiary/aromatic N) is 6. The molecular formula is C35H31N6O4S+. The third-order valence-electron chi connectivity index (χ3n) is 8.71. The maximum Gasteiger partial charge on any atom is 0.412 e. The summed E-state index contributed by atoms with van der Waals surface area (Å²) in [5.41, 5.74) is 1.02. The van der Waals surface area contributed by atoms with Crippen LogP contribution in [0.3, 0.4) is 0 Å². The summed E-state index contributed by atoms with van der Waals surface area (Å²) in [6.45, 7) is 5.35. The molecule has 0 aromatic heterocycles. The van der Waals surface area contributed by atoms with Crippen molar-refractivity contribution in [1.82, 2.24) is 14.7 Å². The summed E-state index contributed by atoms with van der Waals surface area (Å²) in [5, 5.41) is 2.92. The number of amides is 4. The first-order valence-electron chi connectivity index (χ1n) is 15.5. The molecule has 7 rings (SSSR count). The Morgan fingerprint density at radius 1 is 0.717 bits per heavy atom. The molecule has 0 radical (unpaired) electrons. The van der Waals surface area contributed by atoms with Gasteiger partial charge >= 0.3 is 11.9 Å². The number of benzene rings is 4. The average Bonchev–Trinajstić information content (AvgIpc) is 3.49. The minimum Gasteiger partial charge on any atom is -0.268 e. The molecular weight excluding hydrogens is 600 g/mol. The minimum atomic E-state index is -1.37. The second-order valence-electron chi connectivity index (χ2n) is 11.6. The second-order valence-corrected chi connectivity index (χ2v) is 11.9. The summed E-state index contributed by atoms with van der Waals surface area (Å²) in [4.78, 5) is 69.4. The van der Waals surface area contributed by atoms with Crippen LogP contribution in [0.1, 0.15) is 81.0 Å². The predicted octanol–water partition coefficient (Wildman–Crippen LogP) is 5.54. The van der Waals surface area contributed by atoms with Crippen molar-refractivity contribution in [2.75, 3.05) is 13.1 Å². The van der Waals surface area contributed by atoms with Gasteiger partial charge in [-0.3, -0.25) is 24.1 Å². The lowest BCUT2D eigenvalue weighted by Crippen LogP contribution is -2.55. The highest BCUT2D eigenvalue weighted by Gasteiger charge is 2.51. The molecule has 0 bridgehead atoms. The van der Waals surface area contributed by atoms with Gasteiger partial charge in [0.2, 0.25) is 0 Å². The van der Waals surface area contributed by atoms with E-state index in [1.165, 1.54) is 3.95 Å². The number of carbonyl (C=O) groups excluding carboxylic acids is 4. The van der Waals surface area contributed by atoms with Gasteiger partial charge in [-0.05, 0) is 51.5 Å². The molecule has 1 atom stereocenters. The minimum absolute atomic E-state index is 0.212. The number of imide groups is 2. The Hall–Kier alpha value is -5.16. The molecule has 0 fully saturated rings. The van der Waals surface area contributed by atoms with Gasteiger partial charge in [-0.1, -0.05) is 87.4 Å². The van der Waals surface area contributed by atoms with Gasteiger partial charge in [-0.2, -0.15) is 9.89 Å². The predicted molar refractivity (Wildman–Crippen MR) is 177 cm³/mol. The molecule has 4 aromatic carbocycles. The summed E-state index contributed by atoms with van der Waals surface area (Å²) >= 11 is 5.90. The summed E-state index contributed by atoms with van der Waals surface area (Å²) in [7, 11) is 0. The standard InChI is InChI=1S/C35H31N6O4S/c1-3-5-19-38(20-6-4-2)34-36-33(39-29(42)25-17-15-21-11-7-9-13-23(21)27(25)31(39)44)37-35(41(34)46)40-30(43)26-18-16-22-12-8-10-14-24(22)28(26)32(40)45/h7-18,35H,3-6,19-20H2,1-2H3/q+1. The molecule has 11 heteroatoms. The van der Waals surface area contributed by atoms with Gasteiger partial charge in [0.25, 0.3) is 29.9 Å². The van der Waals surface area contributed by atoms with Gasteiger partial charge in [-0.25, -0.2) is 4.90 Å². The molecule has 3 aliphatic heterocycles. The van der Waals surface area contributed by atoms with Crippen molar-refractivity contribution in [1.29, 1.82) is 0 Å². The van der Waals surface area contributed by atoms with E-state index in [9.17, 15) is 19.2 Å². The smallest absolute Gasteiger partial charge is 0.268 e. The molecule has 0 saturated carbocycles. The average molecular weight is 632 g/mol. The third kappa shape index (κ3) is 4.53. The molecule has 0 spiro atoms. The number of carbonyl (C=O) groups is 4. The van der Waals surface area contributed by atoms with Crippen LogP contribution < -0.4 is 0 Å². The zero-order chi connectivity index (χ0) is 32.1. The van der Waals surface area contributed by atoms with Crippen LogP contribution in [-0.2, 0) is 12.4 Å². The van der Waals surface area contributed by atoms with Crippen molar-refractivity contribution >= 4 is 69.5 Å². The van der Waals surface area contributed by atoms with Crippen LogP contribution in [0.4, 0.5) is 0 Å². The Labute approximate surface area is 270 Å². The Bertz CT molecular complexity index is 2060. The molecule has 4 aromatic rings. The molecule has 3 aliphatic rings. The largest absolute Gasteiger partial charge is 0.412 e. The maximum absolute atomic E-state index is 14.1. The van der Waals surface area contributed by atoms with Crippen LogP contribution in [0.2, 0.25) is 0 Å². The lowest BCUT2D eigenvalue weighted by atomic mass is 10.0. The molecule has 3 heterocycles. The number of fused-ring (bicyclic) bond motifs is 6. The molecule has 230 valence electrons. The van der Waals surface area contributed by atoms with Crippen molar-refractivity contribution in [2.45, 2.75) is 45.8 Å². The van der Waals surface area contributed by atoms with Crippen molar-refractivity contribution in [3.8, 4) is 0 Å². The number of hydrogen-bond donors (Lipinski definition) is 0. The highest BCUT2D eigenvalue weighted by atomic mass is 32.1. The first-order chi connectivity index (χ1) is 22.3. The lowest BCUT2D eigenvalue weighted by Gasteiger charge is -2.29. The Kier molecular flexibility index (Phi) is 7.48. The number of guanidine groups is 2. The van der Waals surface area contributed by atoms with E-state index in [0.29, 0.717) is 23.9 Å². The van der Waals surface area contributed by atoms with E-state index in [1.807, 2.05) is 41.3 Å². The zero-order valence-electron chi connectivity index (χ0n) is 25.5. The normalized spacial score (nSPS) is 17.6. The van der Waals surface area contributed by atoms with Crippen LogP contribution in [-0.4, -0.2) is 73.6 Å². The van der Waals surface area contributed by atoms with Gasteiger partial charge in [0.05, 0.1) is 35.3 Å². The number of hydrogen-bond acceptors (Lipinski definition) is 8. The van der Waals surface area contributed by atoms with E-state index in [4.69, 9.17) is 17.4 Å². The first-order valence-corrected chi connectivity index (χ1v) is 15.9. The number of aliphatic imine (C=N–C) groups is 2. The van der Waals surface area contributed by atoms with Crippen LogP contribution in [0.15, 0.2) is 82.8 Å². The molecule has 4 amide bonds. The lowest BCUT2D eigenvalue weighted by molar-refractivity contribution is -0.457. The monoisotopic (exact) mass is 631 g/mol. The molecule has 1 unspecified atom stereocenters. The Morgan fingerprint density at radius 3 is 1.85 bits per heavy atom. The van der Waals surface area contributed by atoms with Gasteiger partial charge in [0.15, 0.2) is 0 Å². The summed E-state index contributed by atoms with van der Waals surface area (Å²) in [6.07, 6.45) is 2.13. The van der Waals surface area contributed by atoms with Crippen molar-refractivity contribution in [2.24, 2.45) is 9.98 Å². The molecule has 46 heavy (non-hydrogen) atoms. The van der Waals surface area contributed by atoms with E-state index in [2.05, 4.69) is 18.8 Å². The van der Waals surface area contributed by atoms with Crippen LogP contribution in [0, 0.1) is 0 Å². The maximum atomic E-state index is 14.1. The van der Waals surface area contributed by atoms with Crippen LogP contribution >= 0.6 is 0 Å². The molecule has 0 saturated heterocycles. The Morgan fingerprint density at radius 2 is 1.26 bits per heavy atom. The topological polar surface area (TPSA) is 106 Å². The fourth-order valence-corrected chi connectivity index (χ4v) is 6.63. The van der Waals surface area contributed by atoms with Crippen LogP contribution in [0.25, 0.3) is 21.5 Å². The zero-order valence-corrected chi connectivity index (χ0v) is 26.3. The van der Waals surface area contributed by atoms with Gasteiger partial charge in [-0.15, -0.1) is 3.95 Å². The molecule has 0 N–H and O–H groups in total. The summed E-state index contributed by atoms with van der Waals surface area (Å²) < 4.78 is 1.28. The van der Waals surface area contributed by atoms with E-state index in [1.54, 1.807) is 36.4 Å². The van der Waals surface area contributed by atoms with Gasteiger partial charge in [0.1, 0.15) is 12.4 Å². The fourth-order valence-electron chi connectivity index (χ4n) is 6.34. The van der Waals surface area contributed by atoms with E-state index < -0.39 is 29.9 Å². The first kappa shape index (κ1) is 29.5. The Balaban J connectivity index is 1.36. The molecule has 0 aliphatic carbocycles. The SMILES string of the molecule is CCCCN(CCCC)C1=NC(N2C(=O)c3ccc4ccccc4c3C2=O)=NC(N2C(=O)c3ccc4ccccc4c3C2=O)[N+]1=S. The summed E-state index contributed by atoms with van der Waals surface area (Å²) in [6, 6.07) is 21.6. The number of unbranched alkanes of at least 4 members (excludes halogenated alkanes) is 2. The molecule has 10 nitrogen and oxygen atoms in total. The highest BCUT2D eigenvalue weighted by molar-refractivity contribution is 7.44. The van der Waals surface area contributed by atoms with Gasteiger partial charge < -0.3 is 0 Å². The highest BCUT2D eigenvalue weighted by Crippen LogP contribution is 2.35. The fraction of sp³-hybridized carbons (Fsp3) is 0.257. The second kappa shape index (κ2) is 11.6. The van der Waals surface area contributed by atoms with E-state index in [-0.39, 0.29) is 34.2 Å². The van der Waals surface area contributed by atoms with Crippen LogP contribution in [0.5, 0.6) is 0 Å². The number of rotatable bonds is 7. The van der Waals surface area contributed by atoms with E-state index >= 15 is 0 Å². The van der Waals surface area contributed by atoms with Crippen molar-refractivity contribution in [3.05, 3.63) is 95.1 Å². The van der Waals surface area contributed by atoms with Crippen molar-refractivity contribution < 1.29 is 23.1 Å². The van der Waals surface area contributed by atoms with Crippen molar-refractivity contribution in [3.63, 3.8) is 0 Å². The van der Waals surface area contributed by atoms with E-state index in [0.717, 1.165) is 46.3 Å². The summed E-state index contributed by atoms with van der Waals surface area (Å²) in [5.74, 6) is -2.21. The third-order valence-corrected chi connectivity index (χ3v) is 9.06. The van der Waals surface area contributed by atoms with Gasteiger partial charge in [0, 0.05) is 0 Å².